The van der Waals surface area contributed by atoms with E-state index >= 15 is 0 Å². The average Bonchev–Trinajstić information content (AvgIpc) is 3.14. The molecule has 1 aliphatic heterocycles. The average molecular weight is 380 g/mol. The van der Waals surface area contributed by atoms with Crippen LogP contribution in [-0.4, -0.2) is 47.8 Å². The lowest BCUT2D eigenvalue weighted by molar-refractivity contribution is 0.00578. The Labute approximate surface area is 155 Å². The van der Waals surface area contributed by atoms with Gasteiger partial charge in [0, 0.05) is 18.1 Å². The SMILES string of the molecule is COC1=C(B2OC(C)(C)C(C)(C)O2)C=CC(C)(S(=O)(=O)n2cccn2)C1. The second-order valence-electron chi connectivity index (χ2n) is 7.88. The highest BCUT2D eigenvalue weighted by Crippen LogP contribution is 2.42. The van der Waals surface area contributed by atoms with Gasteiger partial charge in [-0.05, 0) is 40.7 Å². The standard InChI is InChI=1S/C17H25BN2O5S/c1-15(2)16(3,4)25-18(24-15)13-8-9-17(5,12-14(13)23-6)26(21,22)20-11-7-10-19-20/h7-11H,12H2,1-6H3. The van der Waals surface area contributed by atoms with Gasteiger partial charge in [-0.1, -0.05) is 12.2 Å². The molecule has 9 heteroatoms. The van der Waals surface area contributed by atoms with Crippen LogP contribution >= 0.6 is 0 Å². The normalized spacial score (nSPS) is 27.8. The predicted octanol–water partition coefficient (Wildman–Crippen LogP) is 2.31. The third-order valence-electron chi connectivity index (χ3n) is 5.52. The van der Waals surface area contributed by atoms with Crippen molar-refractivity contribution in [2.75, 3.05) is 7.11 Å². The van der Waals surface area contributed by atoms with E-state index in [1.54, 1.807) is 25.1 Å². The van der Waals surface area contributed by atoms with Gasteiger partial charge < -0.3 is 14.0 Å². The molecule has 0 N–H and O–H groups in total. The van der Waals surface area contributed by atoms with Gasteiger partial charge in [-0.2, -0.15) is 9.19 Å². The fraction of sp³-hybridized carbons (Fsp3) is 0.588. The molecule has 1 aromatic heterocycles. The molecule has 7 nitrogen and oxygen atoms in total. The van der Waals surface area contributed by atoms with Gasteiger partial charge in [0.05, 0.1) is 30.3 Å². The van der Waals surface area contributed by atoms with Crippen molar-refractivity contribution in [2.24, 2.45) is 0 Å². The largest absolute Gasteiger partial charge is 0.501 e. The van der Waals surface area contributed by atoms with Gasteiger partial charge in [0.1, 0.15) is 4.75 Å². The van der Waals surface area contributed by atoms with E-state index in [0.29, 0.717) is 11.2 Å². The van der Waals surface area contributed by atoms with Crippen LogP contribution in [0.4, 0.5) is 0 Å². The monoisotopic (exact) mass is 380 g/mol. The van der Waals surface area contributed by atoms with Gasteiger partial charge in [-0.15, -0.1) is 0 Å². The molecule has 2 heterocycles. The van der Waals surface area contributed by atoms with E-state index in [1.807, 2.05) is 27.7 Å². The summed E-state index contributed by atoms with van der Waals surface area (Å²) >= 11 is 0. The highest BCUT2D eigenvalue weighted by atomic mass is 32.2. The summed E-state index contributed by atoms with van der Waals surface area (Å²) in [5.74, 6) is 0.532. The van der Waals surface area contributed by atoms with E-state index in [9.17, 15) is 8.42 Å². The summed E-state index contributed by atoms with van der Waals surface area (Å²) in [7, 11) is -2.81. The summed E-state index contributed by atoms with van der Waals surface area (Å²) in [5.41, 5.74) is -0.266. The highest BCUT2D eigenvalue weighted by molar-refractivity contribution is 7.91. The van der Waals surface area contributed by atoms with Crippen LogP contribution in [0.25, 0.3) is 0 Å². The molecule has 142 valence electrons. The summed E-state index contributed by atoms with van der Waals surface area (Å²) in [6.45, 7) is 9.54. The Morgan fingerprint density at radius 3 is 2.31 bits per heavy atom. The van der Waals surface area contributed by atoms with Gasteiger partial charge >= 0.3 is 7.12 Å². The number of rotatable bonds is 4. The zero-order valence-electron chi connectivity index (χ0n) is 16.0. The third-order valence-corrected chi connectivity index (χ3v) is 7.69. The van der Waals surface area contributed by atoms with Crippen molar-refractivity contribution in [3.05, 3.63) is 41.8 Å². The Morgan fingerprint density at radius 2 is 1.81 bits per heavy atom. The summed E-state index contributed by atoms with van der Waals surface area (Å²) in [6.07, 6.45) is 6.42. The smallest absolute Gasteiger partial charge is 0.498 e. The summed E-state index contributed by atoms with van der Waals surface area (Å²) in [4.78, 5) is 0. The van der Waals surface area contributed by atoms with Gasteiger partial charge in [0.15, 0.2) is 0 Å². The van der Waals surface area contributed by atoms with Crippen molar-refractivity contribution in [3.8, 4) is 0 Å². The summed E-state index contributed by atoms with van der Waals surface area (Å²) in [5, 5.41) is 3.88. The van der Waals surface area contributed by atoms with Gasteiger partial charge in [-0.3, -0.25) is 0 Å². The Morgan fingerprint density at radius 1 is 1.19 bits per heavy atom. The number of allylic oxidation sites excluding steroid dienone is 3. The van der Waals surface area contributed by atoms with E-state index in [4.69, 9.17) is 14.0 Å². The van der Waals surface area contributed by atoms with Crippen LogP contribution < -0.4 is 0 Å². The Kier molecular flexibility index (Phi) is 4.41. The Balaban J connectivity index is 1.94. The van der Waals surface area contributed by atoms with E-state index in [1.165, 1.54) is 19.5 Å². The number of methoxy groups -OCH3 is 1. The van der Waals surface area contributed by atoms with Crippen LogP contribution in [0.1, 0.15) is 41.0 Å². The topological polar surface area (TPSA) is 79.7 Å². The second kappa shape index (κ2) is 5.97. The molecule has 1 aromatic rings. The molecule has 1 atom stereocenters. The van der Waals surface area contributed by atoms with Crippen molar-refractivity contribution in [2.45, 2.75) is 57.0 Å². The molecule has 0 saturated carbocycles. The minimum Gasteiger partial charge on any atom is -0.501 e. The van der Waals surface area contributed by atoms with Crippen molar-refractivity contribution >= 4 is 17.1 Å². The number of aromatic nitrogens is 2. The molecule has 1 fully saturated rings. The van der Waals surface area contributed by atoms with Crippen LogP contribution in [0, 0.1) is 0 Å². The van der Waals surface area contributed by atoms with Crippen molar-refractivity contribution in [1.29, 1.82) is 0 Å². The van der Waals surface area contributed by atoms with Crippen LogP contribution in [0.15, 0.2) is 41.8 Å². The lowest BCUT2D eigenvalue weighted by Gasteiger charge is -2.32. The molecule has 1 aliphatic carbocycles. The molecule has 0 radical (unpaired) electrons. The fourth-order valence-corrected chi connectivity index (χ4v) is 4.39. The van der Waals surface area contributed by atoms with Crippen molar-refractivity contribution in [3.63, 3.8) is 0 Å². The highest BCUT2D eigenvalue weighted by Gasteiger charge is 2.54. The van der Waals surface area contributed by atoms with E-state index in [2.05, 4.69) is 5.10 Å². The molecular formula is C17H25BN2O5S. The zero-order chi connectivity index (χ0) is 19.4. The maximum Gasteiger partial charge on any atom is 0.498 e. The lowest BCUT2D eigenvalue weighted by atomic mass is 9.73. The lowest BCUT2D eigenvalue weighted by Crippen LogP contribution is -2.41. The van der Waals surface area contributed by atoms with Crippen molar-refractivity contribution in [1.82, 2.24) is 9.19 Å². The predicted molar refractivity (Wildman–Crippen MR) is 98.8 cm³/mol. The number of nitrogens with zero attached hydrogens (tertiary/aromatic N) is 2. The van der Waals surface area contributed by atoms with Crippen molar-refractivity contribution < 1.29 is 22.5 Å². The molecule has 1 unspecified atom stereocenters. The van der Waals surface area contributed by atoms with Gasteiger partial charge in [0.25, 0.3) is 10.0 Å². The first-order valence-corrected chi connectivity index (χ1v) is 9.94. The zero-order valence-corrected chi connectivity index (χ0v) is 16.8. The number of hydrogen-bond acceptors (Lipinski definition) is 6. The first kappa shape index (κ1) is 19.2. The maximum absolute atomic E-state index is 13.0. The summed E-state index contributed by atoms with van der Waals surface area (Å²) < 4.78 is 43.5. The molecule has 3 rings (SSSR count). The van der Waals surface area contributed by atoms with Gasteiger partial charge in [-0.25, -0.2) is 8.42 Å². The first-order valence-electron chi connectivity index (χ1n) is 8.50. The quantitative estimate of drug-likeness (QED) is 0.746. The molecule has 0 bridgehead atoms. The van der Waals surface area contributed by atoms with Crippen LogP contribution in [-0.2, 0) is 24.1 Å². The fourth-order valence-electron chi connectivity index (χ4n) is 3.00. The number of hydrogen-bond donors (Lipinski definition) is 0. The Bertz CT molecular complexity index is 842. The molecule has 0 spiro atoms. The molecule has 26 heavy (non-hydrogen) atoms. The molecule has 0 amide bonds. The van der Waals surface area contributed by atoms with E-state index < -0.39 is 33.1 Å². The van der Waals surface area contributed by atoms with E-state index in [0.717, 1.165) is 4.09 Å². The molecule has 1 saturated heterocycles. The van der Waals surface area contributed by atoms with Gasteiger partial charge in [0.2, 0.25) is 0 Å². The number of ether oxygens (including phenoxy) is 1. The third kappa shape index (κ3) is 2.82. The van der Waals surface area contributed by atoms with Crippen LogP contribution in [0.2, 0.25) is 0 Å². The molecular weight excluding hydrogens is 355 g/mol. The second-order valence-corrected chi connectivity index (χ2v) is 10.1. The minimum atomic E-state index is -3.73. The maximum atomic E-state index is 13.0. The van der Waals surface area contributed by atoms with Crippen LogP contribution in [0.3, 0.4) is 0 Å². The Hall–Kier alpha value is -1.58. The molecule has 0 aromatic carbocycles. The molecule has 2 aliphatic rings. The first-order chi connectivity index (χ1) is 11.9. The van der Waals surface area contributed by atoms with E-state index in [-0.39, 0.29) is 6.42 Å². The minimum absolute atomic E-state index is 0.168. The summed E-state index contributed by atoms with van der Waals surface area (Å²) in [6, 6.07) is 1.58. The van der Waals surface area contributed by atoms with Crippen LogP contribution in [0.5, 0.6) is 0 Å².